The van der Waals surface area contributed by atoms with Gasteiger partial charge in [0, 0.05) is 6.54 Å². The number of nitrogens with zero attached hydrogens (tertiary/aromatic N) is 1. The van der Waals surface area contributed by atoms with Crippen molar-refractivity contribution >= 4 is 15.8 Å². The second-order valence-electron chi connectivity index (χ2n) is 2.66. The lowest BCUT2D eigenvalue weighted by molar-refractivity contribution is 0.598. The Morgan fingerprint density at radius 2 is 2.21 bits per heavy atom. The fourth-order valence-electron chi connectivity index (χ4n) is 0.802. The molecule has 78 valence electrons. The lowest BCUT2D eigenvalue weighted by Gasteiger charge is -2.03. The lowest BCUT2D eigenvalue weighted by atomic mass is 10.4. The molecule has 0 aliphatic carbocycles. The van der Waals surface area contributed by atoms with Crippen LogP contribution in [0.15, 0.2) is 18.3 Å². The number of sulfonamides is 1. The van der Waals surface area contributed by atoms with Crippen LogP contribution in [0.2, 0.25) is 0 Å². The number of rotatable bonds is 4. The molecule has 1 aromatic heterocycles. The van der Waals surface area contributed by atoms with Crippen molar-refractivity contribution in [1.29, 1.82) is 0 Å². The molecule has 0 aromatic carbocycles. The van der Waals surface area contributed by atoms with Crippen LogP contribution < -0.4 is 10.5 Å². The van der Waals surface area contributed by atoms with E-state index in [1.54, 1.807) is 0 Å². The van der Waals surface area contributed by atoms with Gasteiger partial charge >= 0.3 is 0 Å². The zero-order chi connectivity index (χ0) is 10.6. The van der Waals surface area contributed by atoms with Gasteiger partial charge in [0.25, 0.3) is 0 Å². The molecule has 0 atom stereocenters. The highest BCUT2D eigenvalue weighted by Crippen LogP contribution is 2.02. The fourth-order valence-corrected chi connectivity index (χ4v) is 1.19. The maximum atomic E-state index is 12.4. The highest BCUT2D eigenvalue weighted by atomic mass is 32.2. The number of anilines is 1. The Morgan fingerprint density at radius 1 is 1.50 bits per heavy atom. The van der Waals surface area contributed by atoms with E-state index in [2.05, 4.69) is 10.3 Å². The van der Waals surface area contributed by atoms with Crippen molar-refractivity contribution in [3.8, 4) is 0 Å². The van der Waals surface area contributed by atoms with Gasteiger partial charge in [-0.05, 0) is 12.1 Å². The fraction of sp³-hybridized carbons (Fsp3) is 0.286. The number of nitrogens with two attached hydrogens (primary N) is 1. The van der Waals surface area contributed by atoms with Crippen LogP contribution in [0, 0.1) is 5.82 Å². The van der Waals surface area contributed by atoms with Crippen LogP contribution in [0.5, 0.6) is 0 Å². The molecule has 14 heavy (non-hydrogen) atoms. The third-order valence-electron chi connectivity index (χ3n) is 1.42. The molecule has 1 aromatic rings. The Bertz CT molecular complexity index is 390. The topological polar surface area (TPSA) is 85.1 Å². The summed E-state index contributed by atoms with van der Waals surface area (Å²) in [4.78, 5) is 3.68. The van der Waals surface area contributed by atoms with Crippen molar-refractivity contribution in [2.45, 2.75) is 0 Å². The Morgan fingerprint density at radius 3 is 2.71 bits per heavy atom. The van der Waals surface area contributed by atoms with Crippen LogP contribution in [0.3, 0.4) is 0 Å². The van der Waals surface area contributed by atoms with Gasteiger partial charge in [-0.25, -0.2) is 22.9 Å². The summed E-state index contributed by atoms with van der Waals surface area (Å²) in [6.07, 6.45) is 1.04. The minimum Gasteiger partial charge on any atom is -0.369 e. The molecule has 0 saturated carbocycles. The Balaban J connectivity index is 2.43. The number of hydrogen-bond donors (Lipinski definition) is 2. The number of pyridine rings is 1. The molecule has 1 rings (SSSR count). The standard InChI is InChI=1S/C7H10FN3O2S/c8-6-1-2-7(11-5-6)10-3-4-14(9,12)13/h1-2,5H,3-4H2,(H,10,11)(H2,9,12,13). The van der Waals surface area contributed by atoms with E-state index >= 15 is 0 Å². The first-order valence-electron chi connectivity index (χ1n) is 3.83. The van der Waals surface area contributed by atoms with Crippen molar-refractivity contribution in [1.82, 2.24) is 4.98 Å². The summed E-state index contributed by atoms with van der Waals surface area (Å²) in [5, 5.41) is 7.47. The van der Waals surface area contributed by atoms with Crippen LogP contribution >= 0.6 is 0 Å². The third-order valence-corrected chi connectivity index (χ3v) is 2.19. The first-order chi connectivity index (χ1) is 6.47. The smallest absolute Gasteiger partial charge is 0.210 e. The van der Waals surface area contributed by atoms with E-state index in [0.29, 0.717) is 5.82 Å². The van der Waals surface area contributed by atoms with Crippen molar-refractivity contribution in [3.63, 3.8) is 0 Å². The second kappa shape index (κ2) is 4.34. The molecule has 0 aliphatic heterocycles. The SMILES string of the molecule is NS(=O)(=O)CCNc1ccc(F)cn1. The average molecular weight is 219 g/mol. The quantitative estimate of drug-likeness (QED) is 0.741. The third kappa shape index (κ3) is 4.15. The Hall–Kier alpha value is -1.21. The van der Waals surface area contributed by atoms with Crippen LogP contribution in [0.1, 0.15) is 0 Å². The van der Waals surface area contributed by atoms with Gasteiger partial charge in [0.1, 0.15) is 11.6 Å². The summed E-state index contributed by atoms with van der Waals surface area (Å²) < 4.78 is 33.5. The molecule has 0 spiro atoms. The normalized spacial score (nSPS) is 11.3. The lowest BCUT2D eigenvalue weighted by Crippen LogP contribution is -2.22. The van der Waals surface area contributed by atoms with Crippen molar-refractivity contribution in [3.05, 3.63) is 24.1 Å². The summed E-state index contributed by atoms with van der Waals surface area (Å²) in [6.45, 7) is 0.150. The molecule has 0 saturated heterocycles. The molecule has 3 N–H and O–H groups in total. The molecule has 0 radical (unpaired) electrons. The maximum Gasteiger partial charge on any atom is 0.210 e. The maximum absolute atomic E-state index is 12.4. The second-order valence-corrected chi connectivity index (χ2v) is 4.39. The molecule has 0 unspecified atom stereocenters. The van der Waals surface area contributed by atoms with E-state index in [1.165, 1.54) is 12.1 Å². The summed E-state index contributed by atoms with van der Waals surface area (Å²) in [6, 6.07) is 2.64. The van der Waals surface area contributed by atoms with Gasteiger partial charge in [0.15, 0.2) is 0 Å². The summed E-state index contributed by atoms with van der Waals surface area (Å²) in [5.74, 6) is -0.219. The number of aromatic nitrogens is 1. The Kier molecular flexibility index (Phi) is 3.37. The first-order valence-corrected chi connectivity index (χ1v) is 5.55. The van der Waals surface area contributed by atoms with Gasteiger partial charge in [0.05, 0.1) is 11.9 Å². The van der Waals surface area contributed by atoms with E-state index in [0.717, 1.165) is 6.20 Å². The molecule has 5 nitrogen and oxygen atoms in total. The van der Waals surface area contributed by atoms with E-state index in [1.807, 2.05) is 0 Å². The zero-order valence-corrected chi connectivity index (χ0v) is 8.09. The minimum atomic E-state index is -3.47. The summed E-state index contributed by atoms with van der Waals surface area (Å²) in [7, 11) is -3.47. The van der Waals surface area contributed by atoms with Gasteiger partial charge in [-0.1, -0.05) is 0 Å². The van der Waals surface area contributed by atoms with E-state index in [-0.39, 0.29) is 12.3 Å². The van der Waals surface area contributed by atoms with Gasteiger partial charge in [0.2, 0.25) is 10.0 Å². The monoisotopic (exact) mass is 219 g/mol. The highest BCUT2D eigenvalue weighted by molar-refractivity contribution is 7.89. The highest BCUT2D eigenvalue weighted by Gasteiger charge is 2.01. The van der Waals surface area contributed by atoms with Crippen LogP contribution in [0.4, 0.5) is 10.2 Å². The van der Waals surface area contributed by atoms with E-state index < -0.39 is 15.8 Å². The van der Waals surface area contributed by atoms with Gasteiger partial charge < -0.3 is 5.32 Å². The predicted octanol–water partition coefficient (Wildman–Crippen LogP) is -0.0789. The number of hydrogen-bond acceptors (Lipinski definition) is 4. The van der Waals surface area contributed by atoms with Gasteiger partial charge in [-0.2, -0.15) is 0 Å². The number of nitrogens with one attached hydrogen (secondary N) is 1. The minimum absolute atomic E-state index is 0.150. The van der Waals surface area contributed by atoms with E-state index in [4.69, 9.17) is 5.14 Å². The van der Waals surface area contributed by atoms with Crippen molar-refractivity contribution in [2.24, 2.45) is 5.14 Å². The van der Waals surface area contributed by atoms with Crippen LogP contribution in [-0.2, 0) is 10.0 Å². The van der Waals surface area contributed by atoms with Crippen molar-refractivity contribution < 1.29 is 12.8 Å². The molecule has 0 bridgehead atoms. The van der Waals surface area contributed by atoms with Crippen molar-refractivity contribution in [2.75, 3.05) is 17.6 Å². The predicted molar refractivity (Wildman–Crippen MR) is 50.7 cm³/mol. The molecular formula is C7H10FN3O2S. The molecule has 1 heterocycles. The van der Waals surface area contributed by atoms with Gasteiger partial charge in [-0.3, -0.25) is 0 Å². The largest absolute Gasteiger partial charge is 0.369 e. The number of halogens is 1. The number of primary sulfonamides is 1. The van der Waals surface area contributed by atoms with Crippen LogP contribution in [0.25, 0.3) is 0 Å². The molecule has 0 fully saturated rings. The molecular weight excluding hydrogens is 209 g/mol. The van der Waals surface area contributed by atoms with Crippen LogP contribution in [-0.4, -0.2) is 25.7 Å². The van der Waals surface area contributed by atoms with Gasteiger partial charge in [-0.15, -0.1) is 0 Å². The summed E-state index contributed by atoms with van der Waals surface area (Å²) in [5.41, 5.74) is 0. The first kappa shape index (κ1) is 10.9. The Labute approximate surface area is 81.2 Å². The summed E-state index contributed by atoms with van der Waals surface area (Å²) >= 11 is 0. The molecule has 0 amide bonds. The zero-order valence-electron chi connectivity index (χ0n) is 7.27. The molecule has 7 heteroatoms. The average Bonchev–Trinajstić information content (AvgIpc) is 2.06. The molecule has 0 aliphatic rings. The van der Waals surface area contributed by atoms with E-state index in [9.17, 15) is 12.8 Å².